The number of anilines is 6. The van der Waals surface area contributed by atoms with Crippen LogP contribution in [0.5, 0.6) is 0 Å². The topological polar surface area (TPSA) is 6.48 Å². The Kier molecular flexibility index (Phi) is 9.99. The van der Waals surface area contributed by atoms with Crippen molar-refractivity contribution in [3.05, 3.63) is 222 Å². The molecule has 2 aliphatic heterocycles. The van der Waals surface area contributed by atoms with Gasteiger partial charge in [-0.15, -0.1) is 0 Å². The van der Waals surface area contributed by atoms with Gasteiger partial charge in [-0.05, 0) is 101 Å². The number of hydrogen-bond donors (Lipinski definition) is 0. The second-order valence-corrected chi connectivity index (χ2v) is 17.2. The van der Waals surface area contributed by atoms with E-state index in [0.717, 1.165) is 119 Å². The molecular formula is C58H39BF6N2. The van der Waals surface area contributed by atoms with Crippen LogP contribution in [0, 0.1) is 13.8 Å². The van der Waals surface area contributed by atoms with Crippen LogP contribution in [0.1, 0.15) is 22.3 Å². The molecule has 2 nitrogen and oxygen atoms in total. The number of benzene rings is 9. The third-order valence-electron chi connectivity index (χ3n) is 13.0. The van der Waals surface area contributed by atoms with Crippen molar-refractivity contribution in [1.82, 2.24) is 0 Å². The fourth-order valence-corrected chi connectivity index (χ4v) is 10.1. The van der Waals surface area contributed by atoms with Crippen LogP contribution in [-0.2, 0) is 12.4 Å². The van der Waals surface area contributed by atoms with Crippen LogP contribution in [0.25, 0.3) is 44.5 Å². The van der Waals surface area contributed by atoms with Gasteiger partial charge >= 0.3 is 12.4 Å². The summed E-state index contributed by atoms with van der Waals surface area (Å²) in [5.74, 6) is 0. The highest BCUT2D eigenvalue weighted by Gasteiger charge is 2.45. The molecule has 0 saturated heterocycles. The molecule has 0 amide bonds. The van der Waals surface area contributed by atoms with E-state index in [4.69, 9.17) is 0 Å². The maximum atomic E-state index is 14.0. The number of nitrogens with zero attached hydrogens (tertiary/aromatic N) is 2. The van der Waals surface area contributed by atoms with Crippen molar-refractivity contribution in [2.24, 2.45) is 0 Å². The molecule has 326 valence electrons. The second-order valence-electron chi connectivity index (χ2n) is 17.2. The lowest BCUT2D eigenvalue weighted by molar-refractivity contribution is -0.138. The van der Waals surface area contributed by atoms with E-state index < -0.39 is 23.5 Å². The number of alkyl halides is 6. The lowest BCUT2D eigenvalue weighted by Crippen LogP contribution is -2.61. The standard InChI is InChI=1S/C58H39BF6N2/c1-36-22-32-50-48(34-36)59-49-35-37(2)23-33-51(49)67(56-45(39-14-7-4-8-15-39)17-10-19-47(56)41-26-30-43(31-27-41)58(63,64)65)53-21-11-20-52(54(53)59)66(50)55-44(38-12-5-3-6-13-38)16-9-18-46(55)40-24-28-42(29-25-40)57(60,61)62/h3-35H,1-2H3. The maximum Gasteiger partial charge on any atom is 0.416 e. The molecule has 0 aliphatic carbocycles. The summed E-state index contributed by atoms with van der Waals surface area (Å²) in [5.41, 5.74) is 15.5. The third kappa shape index (κ3) is 7.17. The molecule has 0 unspecified atom stereocenters. The third-order valence-corrected chi connectivity index (χ3v) is 13.0. The zero-order valence-electron chi connectivity index (χ0n) is 36.3. The molecule has 0 saturated carbocycles. The number of halogens is 6. The molecular weight excluding hydrogens is 849 g/mol. The van der Waals surface area contributed by atoms with Gasteiger partial charge < -0.3 is 9.80 Å². The normalized spacial score (nSPS) is 13.0. The van der Waals surface area contributed by atoms with Gasteiger partial charge in [-0.1, -0.05) is 163 Å². The molecule has 0 fully saturated rings. The van der Waals surface area contributed by atoms with E-state index in [2.05, 4.69) is 84.3 Å². The van der Waals surface area contributed by atoms with Gasteiger partial charge in [0.15, 0.2) is 0 Å². The molecule has 0 bridgehead atoms. The van der Waals surface area contributed by atoms with E-state index in [0.29, 0.717) is 11.1 Å². The molecule has 67 heavy (non-hydrogen) atoms. The van der Waals surface area contributed by atoms with Crippen molar-refractivity contribution in [1.29, 1.82) is 0 Å². The summed E-state index contributed by atoms with van der Waals surface area (Å²) in [6.45, 7) is 3.91. The van der Waals surface area contributed by atoms with Gasteiger partial charge in [-0.3, -0.25) is 0 Å². The first-order valence-electron chi connectivity index (χ1n) is 22.0. The van der Waals surface area contributed by atoms with Gasteiger partial charge in [0, 0.05) is 45.0 Å². The lowest BCUT2D eigenvalue weighted by atomic mass is 9.33. The summed E-state index contributed by atoms with van der Waals surface area (Å²) in [4.78, 5) is 4.55. The first-order valence-corrected chi connectivity index (χ1v) is 22.0. The van der Waals surface area contributed by atoms with Gasteiger partial charge in [0.05, 0.1) is 22.5 Å². The second kappa shape index (κ2) is 16.0. The Balaban J connectivity index is 1.23. The van der Waals surface area contributed by atoms with E-state index in [9.17, 15) is 26.3 Å². The van der Waals surface area contributed by atoms with Crippen LogP contribution in [0.4, 0.5) is 60.5 Å². The van der Waals surface area contributed by atoms with Gasteiger partial charge in [-0.2, -0.15) is 26.3 Å². The Hall–Kier alpha value is -7.78. The Labute approximate surface area is 385 Å². The van der Waals surface area contributed by atoms with Crippen molar-refractivity contribution >= 4 is 57.2 Å². The molecule has 0 N–H and O–H groups in total. The first-order chi connectivity index (χ1) is 32.3. The summed E-state index contributed by atoms with van der Waals surface area (Å²) >= 11 is 0. The molecule has 0 radical (unpaired) electrons. The van der Waals surface area contributed by atoms with E-state index >= 15 is 0 Å². The lowest BCUT2D eigenvalue weighted by Gasteiger charge is -2.45. The molecule has 0 spiro atoms. The fourth-order valence-electron chi connectivity index (χ4n) is 10.1. The van der Waals surface area contributed by atoms with E-state index in [1.165, 1.54) is 0 Å². The highest BCUT2D eigenvalue weighted by Crippen LogP contribution is 2.52. The summed E-state index contributed by atoms with van der Waals surface area (Å²) < 4.78 is 83.9. The quantitative estimate of drug-likeness (QED) is 0.121. The fraction of sp³-hybridized carbons (Fsp3) is 0.0690. The molecule has 0 atom stereocenters. The van der Waals surface area contributed by atoms with Crippen molar-refractivity contribution < 1.29 is 26.3 Å². The summed E-state index contributed by atoms with van der Waals surface area (Å²) in [6, 6.07) is 61.9. The van der Waals surface area contributed by atoms with Crippen molar-refractivity contribution in [3.8, 4) is 44.5 Å². The highest BCUT2D eigenvalue weighted by atomic mass is 19.4. The van der Waals surface area contributed by atoms with Gasteiger partial charge in [0.1, 0.15) is 0 Å². The molecule has 9 aromatic carbocycles. The number of para-hydroxylation sites is 2. The van der Waals surface area contributed by atoms with Crippen LogP contribution in [-0.4, -0.2) is 6.71 Å². The van der Waals surface area contributed by atoms with Gasteiger partial charge in [-0.25, -0.2) is 0 Å². The first kappa shape index (κ1) is 41.9. The van der Waals surface area contributed by atoms with E-state index in [-0.39, 0.29) is 6.71 Å². The average molecular weight is 889 g/mol. The van der Waals surface area contributed by atoms with Crippen LogP contribution in [0.15, 0.2) is 200 Å². The SMILES string of the molecule is Cc1ccc2c(c1)B1c3cc(C)ccc3N(c3c(-c4ccccc4)cccc3-c3ccc(C(F)(F)F)cc3)c3cccc(c31)N2c1c(-c2ccccc2)cccc1-c1ccc(C(F)(F)F)cc1. The minimum absolute atomic E-state index is 0.250. The molecule has 9 heteroatoms. The molecule has 0 aromatic heterocycles. The van der Waals surface area contributed by atoms with Crippen LogP contribution in [0.3, 0.4) is 0 Å². The minimum Gasteiger partial charge on any atom is -0.310 e. The van der Waals surface area contributed by atoms with Crippen LogP contribution < -0.4 is 26.2 Å². The zero-order valence-corrected chi connectivity index (χ0v) is 36.3. The van der Waals surface area contributed by atoms with Gasteiger partial charge in [0.2, 0.25) is 0 Å². The Morgan fingerprint density at radius 3 is 1.04 bits per heavy atom. The maximum absolute atomic E-state index is 14.0. The zero-order chi connectivity index (χ0) is 46.2. The van der Waals surface area contributed by atoms with Crippen molar-refractivity contribution in [2.45, 2.75) is 26.2 Å². The van der Waals surface area contributed by atoms with E-state index in [1.807, 2.05) is 91.0 Å². The smallest absolute Gasteiger partial charge is 0.310 e. The molecule has 9 aromatic rings. The van der Waals surface area contributed by atoms with E-state index in [1.54, 1.807) is 24.3 Å². The highest BCUT2D eigenvalue weighted by molar-refractivity contribution is 7.00. The van der Waals surface area contributed by atoms with Crippen molar-refractivity contribution in [2.75, 3.05) is 9.80 Å². The predicted octanol–water partition coefficient (Wildman–Crippen LogP) is 15.1. The summed E-state index contributed by atoms with van der Waals surface area (Å²) in [7, 11) is 0. The molecule has 2 aliphatic rings. The number of fused-ring (bicyclic) bond motifs is 4. The summed E-state index contributed by atoms with van der Waals surface area (Å²) in [6.07, 6.45) is -9.00. The molecule has 11 rings (SSSR count). The van der Waals surface area contributed by atoms with Crippen LogP contribution >= 0.6 is 0 Å². The summed E-state index contributed by atoms with van der Waals surface area (Å²) in [5, 5.41) is 0. The average Bonchev–Trinajstić information content (AvgIpc) is 3.34. The number of aryl methyl sites for hydroxylation is 2. The largest absolute Gasteiger partial charge is 0.416 e. The predicted molar refractivity (Wildman–Crippen MR) is 262 cm³/mol. The Bertz CT molecular complexity index is 3130. The molecule has 2 heterocycles. The Morgan fingerprint density at radius 1 is 0.343 bits per heavy atom. The van der Waals surface area contributed by atoms with Crippen LogP contribution in [0.2, 0.25) is 0 Å². The monoisotopic (exact) mass is 888 g/mol. The number of rotatable bonds is 6. The minimum atomic E-state index is -4.50. The number of hydrogen-bond acceptors (Lipinski definition) is 2. The van der Waals surface area contributed by atoms with Crippen molar-refractivity contribution in [3.63, 3.8) is 0 Å². The Morgan fingerprint density at radius 2 is 0.687 bits per heavy atom. The van der Waals surface area contributed by atoms with Gasteiger partial charge in [0.25, 0.3) is 6.71 Å².